The van der Waals surface area contributed by atoms with Crippen molar-refractivity contribution in [3.05, 3.63) is 58.7 Å². The second-order valence-electron chi connectivity index (χ2n) is 6.36. The van der Waals surface area contributed by atoms with Crippen LogP contribution < -0.4 is 19.7 Å². The lowest BCUT2D eigenvalue weighted by molar-refractivity contribution is -0.122. The molecule has 7 heteroatoms. The minimum Gasteiger partial charge on any atom is -0.493 e. The zero-order valence-corrected chi connectivity index (χ0v) is 16.0. The molecule has 1 fully saturated rings. The number of hydrogen-bond donors (Lipinski definition) is 1. The lowest BCUT2D eigenvalue weighted by atomic mass is 10.0. The van der Waals surface area contributed by atoms with E-state index in [9.17, 15) is 14.4 Å². The molecule has 1 saturated heterocycles. The number of nitrogens with one attached hydrogen (secondary N) is 1. The van der Waals surface area contributed by atoms with Gasteiger partial charge in [0.2, 0.25) is 0 Å². The van der Waals surface area contributed by atoms with E-state index in [1.54, 1.807) is 37.3 Å². The number of anilines is 1. The molecule has 4 amide bonds. The number of hydrogen-bond acceptors (Lipinski definition) is 5. The number of carbonyl (C=O) groups is 3. The Balaban J connectivity index is 2.04. The van der Waals surface area contributed by atoms with Gasteiger partial charge in [0.1, 0.15) is 5.57 Å². The minimum atomic E-state index is -0.772. The van der Waals surface area contributed by atoms with Gasteiger partial charge in [-0.3, -0.25) is 14.9 Å². The fourth-order valence-electron chi connectivity index (χ4n) is 3.04. The summed E-state index contributed by atoms with van der Waals surface area (Å²) in [7, 11) is 3.01. The largest absolute Gasteiger partial charge is 0.493 e. The Morgan fingerprint density at radius 2 is 1.64 bits per heavy atom. The first-order chi connectivity index (χ1) is 13.3. The summed E-state index contributed by atoms with van der Waals surface area (Å²) in [6, 6.07) is 9.58. The van der Waals surface area contributed by atoms with Crippen molar-refractivity contribution in [3.63, 3.8) is 0 Å². The maximum absolute atomic E-state index is 13.0. The van der Waals surface area contributed by atoms with Crippen LogP contribution in [-0.4, -0.2) is 32.1 Å². The molecule has 0 aliphatic carbocycles. The molecular weight excluding hydrogens is 360 g/mol. The van der Waals surface area contributed by atoms with Crippen molar-refractivity contribution < 1.29 is 23.9 Å². The molecule has 0 spiro atoms. The van der Waals surface area contributed by atoms with Gasteiger partial charge in [-0.1, -0.05) is 23.8 Å². The van der Waals surface area contributed by atoms with E-state index in [-0.39, 0.29) is 5.57 Å². The van der Waals surface area contributed by atoms with E-state index in [1.165, 1.54) is 20.3 Å². The van der Waals surface area contributed by atoms with Gasteiger partial charge in [-0.05, 0) is 49.2 Å². The summed E-state index contributed by atoms with van der Waals surface area (Å²) in [4.78, 5) is 38.6. The Labute approximate surface area is 162 Å². The number of methoxy groups -OCH3 is 2. The fraction of sp³-hybridized carbons (Fsp3) is 0.190. The number of ether oxygens (including phenoxy) is 2. The summed E-state index contributed by atoms with van der Waals surface area (Å²) in [5.74, 6) is -0.444. The molecule has 28 heavy (non-hydrogen) atoms. The van der Waals surface area contributed by atoms with Crippen LogP contribution in [0.4, 0.5) is 10.5 Å². The molecule has 7 nitrogen and oxygen atoms in total. The Bertz CT molecular complexity index is 1010. The van der Waals surface area contributed by atoms with Crippen molar-refractivity contribution >= 4 is 29.6 Å². The van der Waals surface area contributed by atoms with E-state index < -0.39 is 17.8 Å². The third-order valence-electron chi connectivity index (χ3n) is 4.41. The van der Waals surface area contributed by atoms with Gasteiger partial charge < -0.3 is 9.47 Å². The minimum absolute atomic E-state index is 0.146. The van der Waals surface area contributed by atoms with Crippen LogP contribution in [0.25, 0.3) is 6.08 Å². The van der Waals surface area contributed by atoms with E-state index >= 15 is 0 Å². The van der Waals surface area contributed by atoms with Gasteiger partial charge in [-0.2, -0.15) is 0 Å². The Hall–Kier alpha value is -3.61. The number of aryl methyl sites for hydroxylation is 2. The topological polar surface area (TPSA) is 84.9 Å². The maximum Gasteiger partial charge on any atom is 0.335 e. The first kappa shape index (κ1) is 19.2. The van der Waals surface area contributed by atoms with E-state index in [0.717, 1.165) is 16.0 Å². The number of urea groups is 1. The summed E-state index contributed by atoms with van der Waals surface area (Å²) in [6.07, 6.45) is 1.42. The molecule has 0 saturated carbocycles. The molecule has 1 aliphatic rings. The molecule has 144 valence electrons. The monoisotopic (exact) mass is 380 g/mol. The van der Waals surface area contributed by atoms with Crippen molar-refractivity contribution in [2.24, 2.45) is 0 Å². The van der Waals surface area contributed by atoms with E-state index in [0.29, 0.717) is 22.7 Å². The molecule has 1 aliphatic heterocycles. The molecule has 1 heterocycles. The summed E-state index contributed by atoms with van der Waals surface area (Å²) in [6.45, 7) is 3.72. The summed E-state index contributed by atoms with van der Waals surface area (Å²) in [5, 5.41) is 2.22. The molecule has 2 aromatic carbocycles. The number of barbiturate groups is 1. The quantitative estimate of drug-likeness (QED) is 0.651. The van der Waals surface area contributed by atoms with Crippen molar-refractivity contribution in [2.45, 2.75) is 13.8 Å². The average molecular weight is 380 g/mol. The Kier molecular flexibility index (Phi) is 5.17. The lowest BCUT2D eigenvalue weighted by Gasteiger charge is -2.27. The summed E-state index contributed by atoms with van der Waals surface area (Å²) < 4.78 is 10.4. The molecular formula is C21H20N2O5. The Morgan fingerprint density at radius 3 is 2.29 bits per heavy atom. The highest BCUT2D eigenvalue weighted by molar-refractivity contribution is 6.39. The summed E-state index contributed by atoms with van der Waals surface area (Å²) >= 11 is 0. The number of nitrogens with zero attached hydrogens (tertiary/aromatic N) is 1. The molecule has 1 N–H and O–H groups in total. The number of amides is 4. The smallest absolute Gasteiger partial charge is 0.335 e. The van der Waals surface area contributed by atoms with Gasteiger partial charge in [0, 0.05) is 0 Å². The molecule has 0 unspecified atom stereocenters. The molecule has 0 bridgehead atoms. The zero-order chi connectivity index (χ0) is 20.4. The average Bonchev–Trinajstić information content (AvgIpc) is 2.66. The Morgan fingerprint density at radius 1 is 0.929 bits per heavy atom. The van der Waals surface area contributed by atoms with E-state index in [1.807, 2.05) is 13.0 Å². The summed E-state index contributed by atoms with van der Waals surface area (Å²) in [5.41, 5.74) is 2.60. The van der Waals surface area contributed by atoms with Crippen LogP contribution in [0.2, 0.25) is 0 Å². The number of benzene rings is 2. The van der Waals surface area contributed by atoms with Crippen LogP contribution in [-0.2, 0) is 9.59 Å². The molecule has 2 aromatic rings. The van der Waals surface area contributed by atoms with Crippen LogP contribution in [0.15, 0.2) is 42.0 Å². The van der Waals surface area contributed by atoms with Crippen LogP contribution >= 0.6 is 0 Å². The highest BCUT2D eigenvalue weighted by Crippen LogP contribution is 2.30. The molecule has 3 rings (SSSR count). The van der Waals surface area contributed by atoms with Gasteiger partial charge in [0.05, 0.1) is 19.9 Å². The van der Waals surface area contributed by atoms with Crippen molar-refractivity contribution in [3.8, 4) is 11.5 Å². The van der Waals surface area contributed by atoms with Gasteiger partial charge >= 0.3 is 6.03 Å². The van der Waals surface area contributed by atoms with Crippen LogP contribution in [0, 0.1) is 13.8 Å². The third-order valence-corrected chi connectivity index (χ3v) is 4.41. The van der Waals surface area contributed by atoms with Gasteiger partial charge in [-0.25, -0.2) is 9.69 Å². The van der Waals surface area contributed by atoms with Gasteiger partial charge in [0.25, 0.3) is 11.8 Å². The lowest BCUT2D eigenvalue weighted by Crippen LogP contribution is -2.54. The van der Waals surface area contributed by atoms with Crippen molar-refractivity contribution in [2.75, 3.05) is 19.1 Å². The van der Waals surface area contributed by atoms with Gasteiger partial charge in [0.15, 0.2) is 11.5 Å². The number of imide groups is 2. The molecule has 0 aromatic heterocycles. The van der Waals surface area contributed by atoms with Crippen LogP contribution in [0.5, 0.6) is 11.5 Å². The second kappa shape index (κ2) is 7.56. The first-order valence-corrected chi connectivity index (χ1v) is 8.56. The van der Waals surface area contributed by atoms with E-state index in [2.05, 4.69) is 5.32 Å². The molecule has 0 radical (unpaired) electrons. The predicted octanol–water partition coefficient (Wildman–Crippen LogP) is 2.99. The number of rotatable bonds is 4. The standard InChI is InChI=1S/C21H20N2O5/c1-12-5-7-16(13(2)9-12)23-20(25)15(19(24)22-21(23)26)10-14-6-8-17(27-3)18(11-14)28-4/h5-11H,1-4H3,(H,22,24,26). The third kappa shape index (κ3) is 3.46. The number of carbonyl (C=O) groups excluding carboxylic acids is 3. The highest BCUT2D eigenvalue weighted by atomic mass is 16.5. The SMILES string of the molecule is COc1ccc(C=C2C(=O)NC(=O)N(c3ccc(C)cc3C)C2=O)cc1OC. The highest BCUT2D eigenvalue weighted by Gasteiger charge is 2.37. The molecule has 0 atom stereocenters. The second-order valence-corrected chi connectivity index (χ2v) is 6.36. The zero-order valence-electron chi connectivity index (χ0n) is 16.0. The first-order valence-electron chi connectivity index (χ1n) is 8.56. The van der Waals surface area contributed by atoms with Crippen LogP contribution in [0.1, 0.15) is 16.7 Å². The van der Waals surface area contributed by atoms with Crippen molar-refractivity contribution in [1.29, 1.82) is 0 Å². The van der Waals surface area contributed by atoms with E-state index in [4.69, 9.17) is 9.47 Å². The predicted molar refractivity (Wildman–Crippen MR) is 104 cm³/mol. The van der Waals surface area contributed by atoms with Crippen LogP contribution in [0.3, 0.4) is 0 Å². The normalized spacial score (nSPS) is 15.6. The van der Waals surface area contributed by atoms with Gasteiger partial charge in [-0.15, -0.1) is 0 Å². The fourth-order valence-corrected chi connectivity index (χ4v) is 3.04. The maximum atomic E-state index is 13.0. The van der Waals surface area contributed by atoms with Crippen molar-refractivity contribution in [1.82, 2.24) is 5.32 Å².